The highest BCUT2D eigenvalue weighted by Gasteiger charge is 2.43. The van der Waals surface area contributed by atoms with Crippen LogP contribution in [0.1, 0.15) is 37.7 Å². The minimum atomic E-state index is -2.79. The first kappa shape index (κ1) is 17.1. The zero-order valence-corrected chi connectivity index (χ0v) is 13.9. The Balaban J connectivity index is 1.69. The number of methoxy groups -OCH3 is 1. The summed E-state index contributed by atoms with van der Waals surface area (Å²) in [6.45, 7) is 0.0505. The standard InChI is InChI=1S/C18H24F2N2O2/c1-24-14-6-4-5-13(9-14)17(7-2-3-8-17)11-22-16(23)15-10-18(19,20)12-21-15/h4-6,9,15,21H,2-3,7-8,10-12H2,1H3,(H,22,23). The summed E-state index contributed by atoms with van der Waals surface area (Å²) >= 11 is 0. The van der Waals surface area contributed by atoms with Gasteiger partial charge in [0.25, 0.3) is 5.92 Å². The Hall–Kier alpha value is -1.69. The van der Waals surface area contributed by atoms with E-state index in [2.05, 4.69) is 16.7 Å². The Morgan fingerprint density at radius 1 is 1.38 bits per heavy atom. The number of carbonyl (C=O) groups is 1. The van der Waals surface area contributed by atoms with Crippen molar-refractivity contribution < 1.29 is 18.3 Å². The van der Waals surface area contributed by atoms with Crippen LogP contribution in [0.3, 0.4) is 0 Å². The van der Waals surface area contributed by atoms with Crippen molar-refractivity contribution in [1.82, 2.24) is 10.6 Å². The van der Waals surface area contributed by atoms with E-state index < -0.39 is 24.9 Å². The highest BCUT2D eigenvalue weighted by atomic mass is 19.3. The molecule has 0 bridgehead atoms. The van der Waals surface area contributed by atoms with Crippen LogP contribution in [0, 0.1) is 0 Å². The molecule has 2 N–H and O–H groups in total. The van der Waals surface area contributed by atoms with Crippen molar-refractivity contribution in [3.63, 3.8) is 0 Å². The third kappa shape index (κ3) is 3.53. The molecule has 4 nitrogen and oxygen atoms in total. The number of hydrogen-bond donors (Lipinski definition) is 2. The van der Waals surface area contributed by atoms with Crippen LogP contribution in [0.4, 0.5) is 8.78 Å². The lowest BCUT2D eigenvalue weighted by molar-refractivity contribution is -0.123. The molecule has 1 amide bonds. The van der Waals surface area contributed by atoms with E-state index >= 15 is 0 Å². The highest BCUT2D eigenvalue weighted by molar-refractivity contribution is 5.82. The van der Waals surface area contributed by atoms with Crippen LogP contribution in [0.2, 0.25) is 0 Å². The average molecular weight is 338 g/mol. The topological polar surface area (TPSA) is 50.4 Å². The van der Waals surface area contributed by atoms with E-state index in [-0.39, 0.29) is 11.3 Å². The molecule has 0 radical (unpaired) electrons. The molecule has 3 rings (SSSR count). The first-order valence-corrected chi connectivity index (χ1v) is 8.48. The molecule has 2 fully saturated rings. The first-order valence-electron chi connectivity index (χ1n) is 8.48. The van der Waals surface area contributed by atoms with Gasteiger partial charge in [0.15, 0.2) is 0 Å². The monoisotopic (exact) mass is 338 g/mol. The van der Waals surface area contributed by atoms with Crippen LogP contribution < -0.4 is 15.4 Å². The van der Waals surface area contributed by atoms with Crippen LogP contribution in [0.5, 0.6) is 5.75 Å². The summed E-state index contributed by atoms with van der Waals surface area (Å²) in [5.41, 5.74) is 1.01. The smallest absolute Gasteiger partial charge is 0.262 e. The van der Waals surface area contributed by atoms with Crippen LogP contribution in [0.25, 0.3) is 0 Å². The zero-order valence-electron chi connectivity index (χ0n) is 13.9. The molecule has 1 heterocycles. The van der Waals surface area contributed by atoms with Gasteiger partial charge < -0.3 is 10.1 Å². The Bertz CT molecular complexity index is 600. The number of halogens is 2. The van der Waals surface area contributed by atoms with E-state index in [4.69, 9.17) is 4.74 Å². The summed E-state index contributed by atoms with van der Waals surface area (Å²) in [7, 11) is 1.63. The van der Waals surface area contributed by atoms with E-state index in [9.17, 15) is 13.6 Å². The van der Waals surface area contributed by atoms with E-state index in [1.807, 2.05) is 18.2 Å². The highest BCUT2D eigenvalue weighted by Crippen LogP contribution is 2.41. The predicted octanol–water partition coefficient (Wildman–Crippen LogP) is 2.62. The maximum Gasteiger partial charge on any atom is 0.262 e. The molecule has 2 aliphatic rings. The maximum atomic E-state index is 13.3. The van der Waals surface area contributed by atoms with Crippen molar-refractivity contribution in [2.75, 3.05) is 20.2 Å². The van der Waals surface area contributed by atoms with E-state index in [0.29, 0.717) is 6.54 Å². The van der Waals surface area contributed by atoms with Crippen LogP contribution in [0.15, 0.2) is 24.3 Å². The van der Waals surface area contributed by atoms with Gasteiger partial charge in [0, 0.05) is 18.4 Å². The first-order chi connectivity index (χ1) is 11.4. The molecule has 1 aromatic rings. The molecule has 24 heavy (non-hydrogen) atoms. The van der Waals surface area contributed by atoms with Gasteiger partial charge in [0.2, 0.25) is 5.91 Å². The molecule has 1 saturated carbocycles. The third-order valence-corrected chi connectivity index (χ3v) is 5.27. The summed E-state index contributed by atoms with van der Waals surface area (Å²) in [6.07, 6.45) is 3.74. The van der Waals surface area contributed by atoms with Gasteiger partial charge >= 0.3 is 0 Å². The number of hydrogen-bond acceptors (Lipinski definition) is 3. The second-order valence-electron chi connectivity index (χ2n) is 6.93. The van der Waals surface area contributed by atoms with Crippen molar-refractivity contribution in [2.45, 2.75) is 49.5 Å². The van der Waals surface area contributed by atoms with E-state index in [0.717, 1.165) is 37.0 Å². The molecule has 1 atom stereocenters. The minimum absolute atomic E-state index is 0.134. The molecular weight excluding hydrogens is 314 g/mol. The molecule has 1 aromatic carbocycles. The fourth-order valence-electron chi connectivity index (χ4n) is 3.85. The predicted molar refractivity (Wildman–Crippen MR) is 87.5 cm³/mol. The summed E-state index contributed by atoms with van der Waals surface area (Å²) in [5.74, 6) is -2.33. The molecule has 1 aliphatic carbocycles. The Kier molecular flexibility index (Phi) is 4.76. The van der Waals surface area contributed by atoms with Crippen molar-refractivity contribution in [3.05, 3.63) is 29.8 Å². The van der Waals surface area contributed by atoms with Gasteiger partial charge in [-0.25, -0.2) is 8.78 Å². The van der Waals surface area contributed by atoms with Gasteiger partial charge in [0.1, 0.15) is 5.75 Å². The SMILES string of the molecule is COc1cccc(C2(CNC(=O)C3CC(F)(F)CN3)CCCC2)c1. The molecular formula is C18H24F2N2O2. The van der Waals surface area contributed by atoms with Gasteiger partial charge in [-0.3, -0.25) is 10.1 Å². The van der Waals surface area contributed by atoms with Gasteiger partial charge in [-0.05, 0) is 30.5 Å². The summed E-state index contributed by atoms with van der Waals surface area (Å²) in [4.78, 5) is 12.3. The number of rotatable bonds is 5. The second kappa shape index (κ2) is 6.67. The zero-order chi connectivity index (χ0) is 17.2. The number of alkyl halides is 2. The fraction of sp³-hybridized carbons (Fsp3) is 0.611. The summed E-state index contributed by atoms with van der Waals surface area (Å²) in [6, 6.07) is 7.12. The summed E-state index contributed by atoms with van der Waals surface area (Å²) in [5, 5.41) is 5.52. The normalized spacial score (nSPS) is 24.7. The Morgan fingerprint density at radius 3 is 2.75 bits per heavy atom. The number of ether oxygens (including phenoxy) is 1. The largest absolute Gasteiger partial charge is 0.497 e. The van der Waals surface area contributed by atoms with Gasteiger partial charge in [-0.1, -0.05) is 25.0 Å². The van der Waals surface area contributed by atoms with Gasteiger partial charge in [-0.15, -0.1) is 0 Å². The lowest BCUT2D eigenvalue weighted by Crippen LogP contribution is -2.46. The average Bonchev–Trinajstić information content (AvgIpc) is 3.20. The van der Waals surface area contributed by atoms with Gasteiger partial charge in [-0.2, -0.15) is 0 Å². The lowest BCUT2D eigenvalue weighted by atomic mass is 9.78. The molecule has 0 aromatic heterocycles. The fourth-order valence-corrected chi connectivity index (χ4v) is 3.85. The third-order valence-electron chi connectivity index (χ3n) is 5.27. The van der Waals surface area contributed by atoms with Crippen LogP contribution in [-0.4, -0.2) is 38.1 Å². The molecule has 132 valence electrons. The molecule has 1 unspecified atom stereocenters. The number of amides is 1. The quantitative estimate of drug-likeness (QED) is 0.868. The Labute approximate surface area is 141 Å². The number of carbonyl (C=O) groups excluding carboxylic acids is 1. The number of nitrogens with one attached hydrogen (secondary N) is 2. The minimum Gasteiger partial charge on any atom is -0.497 e. The summed E-state index contributed by atoms with van der Waals surface area (Å²) < 4.78 is 31.8. The number of benzene rings is 1. The van der Waals surface area contributed by atoms with Gasteiger partial charge in [0.05, 0.1) is 19.7 Å². The lowest BCUT2D eigenvalue weighted by Gasteiger charge is -2.31. The molecule has 1 aliphatic heterocycles. The van der Waals surface area contributed by atoms with Crippen molar-refractivity contribution >= 4 is 5.91 Å². The van der Waals surface area contributed by atoms with E-state index in [1.165, 1.54) is 0 Å². The Morgan fingerprint density at radius 2 is 2.12 bits per heavy atom. The van der Waals surface area contributed by atoms with Crippen molar-refractivity contribution in [3.8, 4) is 5.75 Å². The maximum absolute atomic E-state index is 13.3. The molecule has 6 heteroatoms. The second-order valence-corrected chi connectivity index (χ2v) is 6.93. The van der Waals surface area contributed by atoms with Crippen molar-refractivity contribution in [2.24, 2.45) is 0 Å². The van der Waals surface area contributed by atoms with Crippen LogP contribution >= 0.6 is 0 Å². The van der Waals surface area contributed by atoms with Crippen molar-refractivity contribution in [1.29, 1.82) is 0 Å². The molecule has 0 spiro atoms. The van der Waals surface area contributed by atoms with Crippen LogP contribution in [-0.2, 0) is 10.2 Å². The van der Waals surface area contributed by atoms with E-state index in [1.54, 1.807) is 7.11 Å². The molecule has 1 saturated heterocycles.